The lowest BCUT2D eigenvalue weighted by atomic mass is 10.2. The van der Waals surface area contributed by atoms with E-state index in [0.717, 1.165) is 19.6 Å². The fourth-order valence-electron chi connectivity index (χ4n) is 2.83. The second-order valence-electron chi connectivity index (χ2n) is 6.14. The Bertz CT molecular complexity index is 925. The molecule has 27 heavy (non-hydrogen) atoms. The maximum absolute atomic E-state index is 12.1. The lowest BCUT2D eigenvalue weighted by Crippen LogP contribution is -2.44. The molecule has 0 aliphatic carbocycles. The number of hydrogen-bond acceptors (Lipinski definition) is 8. The van der Waals surface area contributed by atoms with Crippen LogP contribution in [0.4, 0.5) is 0 Å². The lowest BCUT2D eigenvalue weighted by molar-refractivity contribution is 0.190. The van der Waals surface area contributed by atoms with Gasteiger partial charge in [0.15, 0.2) is 5.82 Å². The fourth-order valence-corrected chi connectivity index (χ4v) is 3.76. The van der Waals surface area contributed by atoms with Gasteiger partial charge >= 0.3 is 0 Å². The molecule has 1 aromatic carbocycles. The van der Waals surface area contributed by atoms with Gasteiger partial charge in [0.2, 0.25) is 10.0 Å². The number of nitrogens with zero attached hydrogens (tertiary/aromatic N) is 3. The van der Waals surface area contributed by atoms with Crippen molar-refractivity contribution in [1.82, 2.24) is 25.1 Å². The van der Waals surface area contributed by atoms with Gasteiger partial charge in [0.05, 0.1) is 13.2 Å². The molecule has 1 aliphatic rings. The highest BCUT2D eigenvalue weighted by Crippen LogP contribution is 2.25. The summed E-state index contributed by atoms with van der Waals surface area (Å²) in [6, 6.07) is 4.95. The van der Waals surface area contributed by atoms with Crippen LogP contribution in [-0.4, -0.2) is 64.3 Å². The smallest absolute Gasteiger partial charge is 0.250 e. The molecule has 1 saturated heterocycles. The van der Waals surface area contributed by atoms with E-state index in [4.69, 9.17) is 9.26 Å². The number of rotatable bonds is 6. The zero-order valence-corrected chi connectivity index (χ0v) is 16.3. The fraction of sp³-hybridized carbons (Fsp3) is 0.412. The molecular weight excluding hydrogens is 370 g/mol. The van der Waals surface area contributed by atoms with Crippen molar-refractivity contribution in [2.75, 3.05) is 40.8 Å². The first-order valence-electron chi connectivity index (χ1n) is 8.49. The van der Waals surface area contributed by atoms with E-state index in [-0.39, 0.29) is 16.7 Å². The minimum Gasteiger partial charge on any atom is -0.495 e. The van der Waals surface area contributed by atoms with E-state index < -0.39 is 10.0 Å². The van der Waals surface area contributed by atoms with Gasteiger partial charge < -0.3 is 14.6 Å². The molecule has 0 radical (unpaired) electrons. The SMILES string of the molecule is CNS(=O)(=O)c1cc(/C=C/c2nc(C3CNCCN3C)no2)ccc1OC. The predicted octanol–water partition coefficient (Wildman–Crippen LogP) is 0.733. The van der Waals surface area contributed by atoms with E-state index in [1.54, 1.807) is 24.3 Å². The molecule has 0 spiro atoms. The van der Waals surface area contributed by atoms with Crippen molar-refractivity contribution in [1.29, 1.82) is 0 Å². The maximum atomic E-state index is 12.1. The van der Waals surface area contributed by atoms with Crippen molar-refractivity contribution in [3.05, 3.63) is 35.5 Å². The molecule has 10 heteroatoms. The van der Waals surface area contributed by atoms with Gasteiger partial charge in [-0.15, -0.1) is 0 Å². The van der Waals surface area contributed by atoms with Crippen molar-refractivity contribution in [3.63, 3.8) is 0 Å². The number of piperazine rings is 1. The van der Waals surface area contributed by atoms with Crippen LogP contribution >= 0.6 is 0 Å². The monoisotopic (exact) mass is 393 g/mol. The molecule has 1 fully saturated rings. The van der Waals surface area contributed by atoms with Crippen LogP contribution in [0, 0.1) is 0 Å². The quantitative estimate of drug-likeness (QED) is 0.739. The highest BCUT2D eigenvalue weighted by Gasteiger charge is 2.24. The Morgan fingerprint density at radius 3 is 2.93 bits per heavy atom. The molecule has 146 valence electrons. The van der Waals surface area contributed by atoms with Gasteiger partial charge in [0.25, 0.3) is 5.89 Å². The van der Waals surface area contributed by atoms with Crippen molar-refractivity contribution in [3.8, 4) is 5.75 Å². The van der Waals surface area contributed by atoms with Crippen molar-refractivity contribution < 1.29 is 17.7 Å². The van der Waals surface area contributed by atoms with Gasteiger partial charge in [-0.1, -0.05) is 11.2 Å². The zero-order valence-electron chi connectivity index (χ0n) is 15.5. The maximum Gasteiger partial charge on any atom is 0.250 e. The van der Waals surface area contributed by atoms with E-state index >= 15 is 0 Å². The van der Waals surface area contributed by atoms with Crippen LogP contribution in [-0.2, 0) is 10.0 Å². The molecule has 9 nitrogen and oxygen atoms in total. The van der Waals surface area contributed by atoms with E-state index in [1.807, 2.05) is 7.05 Å². The normalized spacial score (nSPS) is 18.9. The number of methoxy groups -OCH3 is 1. The Morgan fingerprint density at radius 2 is 2.22 bits per heavy atom. The summed E-state index contributed by atoms with van der Waals surface area (Å²) in [6.45, 7) is 2.62. The van der Waals surface area contributed by atoms with Gasteiger partial charge in [-0.05, 0) is 37.9 Å². The number of hydrogen-bond donors (Lipinski definition) is 2. The van der Waals surface area contributed by atoms with Crippen molar-refractivity contribution >= 4 is 22.2 Å². The van der Waals surface area contributed by atoms with Crippen LogP contribution in [0.3, 0.4) is 0 Å². The Hall–Kier alpha value is -2.27. The lowest BCUT2D eigenvalue weighted by Gasteiger charge is -2.30. The van der Waals surface area contributed by atoms with Crippen LogP contribution in [0.15, 0.2) is 27.6 Å². The van der Waals surface area contributed by atoms with E-state index in [2.05, 4.69) is 25.1 Å². The molecular formula is C17H23N5O4S. The van der Waals surface area contributed by atoms with Gasteiger partial charge in [-0.2, -0.15) is 4.98 Å². The largest absolute Gasteiger partial charge is 0.495 e. The molecule has 1 atom stereocenters. The van der Waals surface area contributed by atoms with Gasteiger partial charge in [-0.25, -0.2) is 13.1 Å². The molecule has 2 N–H and O–H groups in total. The van der Waals surface area contributed by atoms with Crippen LogP contribution in [0.2, 0.25) is 0 Å². The molecule has 0 bridgehead atoms. The summed E-state index contributed by atoms with van der Waals surface area (Å²) >= 11 is 0. The third-order valence-corrected chi connectivity index (χ3v) is 5.87. The molecule has 3 rings (SSSR count). The summed E-state index contributed by atoms with van der Waals surface area (Å²) in [7, 11) is 1.17. The number of aromatic nitrogens is 2. The number of benzene rings is 1. The summed E-state index contributed by atoms with van der Waals surface area (Å²) < 4.78 is 37.0. The molecule has 0 amide bonds. The Morgan fingerprint density at radius 1 is 1.41 bits per heavy atom. The number of likely N-dealkylation sites (N-methyl/N-ethyl adjacent to an activating group) is 1. The molecule has 1 unspecified atom stereocenters. The first-order valence-corrected chi connectivity index (χ1v) is 9.97. The number of ether oxygens (including phenoxy) is 1. The first-order chi connectivity index (χ1) is 12.9. The van der Waals surface area contributed by atoms with E-state index in [1.165, 1.54) is 20.2 Å². The van der Waals surface area contributed by atoms with Crippen molar-refractivity contribution in [2.24, 2.45) is 0 Å². The summed E-state index contributed by atoms with van der Waals surface area (Å²) in [5, 5.41) is 7.37. The standard InChI is InChI=1S/C17H23N5O4S/c1-18-27(23,24)15-10-12(4-6-14(15)25-3)5-7-16-20-17(21-26-16)13-11-19-8-9-22(13)2/h4-7,10,13,18-19H,8-9,11H2,1-3H3/b7-5+. The summed E-state index contributed by atoms with van der Waals surface area (Å²) in [5.74, 6) is 1.25. The number of nitrogens with one attached hydrogen (secondary N) is 2. The average molecular weight is 393 g/mol. The average Bonchev–Trinajstić information content (AvgIpc) is 3.15. The summed E-state index contributed by atoms with van der Waals surface area (Å²) in [6.07, 6.45) is 3.37. The first kappa shape index (κ1) is 19.5. The summed E-state index contributed by atoms with van der Waals surface area (Å²) in [5.41, 5.74) is 0.667. The molecule has 2 aromatic rings. The summed E-state index contributed by atoms with van der Waals surface area (Å²) in [4.78, 5) is 6.66. The van der Waals surface area contributed by atoms with Crippen LogP contribution in [0.5, 0.6) is 5.75 Å². The topological polar surface area (TPSA) is 110 Å². The highest BCUT2D eigenvalue weighted by atomic mass is 32.2. The minimum absolute atomic E-state index is 0.0655. The Kier molecular flexibility index (Phi) is 5.90. The van der Waals surface area contributed by atoms with Crippen molar-refractivity contribution in [2.45, 2.75) is 10.9 Å². The predicted molar refractivity (Wildman–Crippen MR) is 101 cm³/mol. The van der Waals surface area contributed by atoms with Crippen LogP contribution < -0.4 is 14.8 Å². The highest BCUT2D eigenvalue weighted by molar-refractivity contribution is 7.89. The van der Waals surface area contributed by atoms with Gasteiger partial charge in [0, 0.05) is 25.7 Å². The van der Waals surface area contributed by atoms with E-state index in [0.29, 0.717) is 17.3 Å². The third kappa shape index (κ3) is 4.35. The number of sulfonamides is 1. The Balaban J connectivity index is 1.81. The van der Waals surface area contributed by atoms with Gasteiger partial charge in [0.1, 0.15) is 10.6 Å². The molecule has 1 aliphatic heterocycles. The van der Waals surface area contributed by atoms with E-state index in [9.17, 15) is 8.42 Å². The minimum atomic E-state index is -3.64. The van der Waals surface area contributed by atoms with Gasteiger partial charge in [-0.3, -0.25) is 4.90 Å². The zero-order chi connectivity index (χ0) is 19.4. The molecule has 2 heterocycles. The van der Waals surface area contributed by atoms with Crippen LogP contribution in [0.1, 0.15) is 23.3 Å². The second-order valence-corrected chi connectivity index (χ2v) is 8.00. The molecule has 0 saturated carbocycles. The molecule has 1 aromatic heterocycles. The second kappa shape index (κ2) is 8.17. The third-order valence-electron chi connectivity index (χ3n) is 4.43. The Labute approximate surface area is 158 Å². The van der Waals surface area contributed by atoms with Crippen LogP contribution in [0.25, 0.3) is 12.2 Å².